The van der Waals surface area contributed by atoms with E-state index < -0.39 is 5.91 Å². The Morgan fingerprint density at radius 1 is 1.41 bits per heavy atom. The van der Waals surface area contributed by atoms with Gasteiger partial charge < -0.3 is 15.2 Å². The van der Waals surface area contributed by atoms with E-state index in [1.165, 1.54) is 18.4 Å². The number of amides is 1. The van der Waals surface area contributed by atoms with Crippen molar-refractivity contribution in [1.82, 2.24) is 4.98 Å². The molecule has 1 aromatic carbocycles. The Hall–Kier alpha value is -2.08. The fourth-order valence-electron chi connectivity index (χ4n) is 1.24. The highest BCUT2D eigenvalue weighted by Gasteiger charge is 2.11. The number of carbonyl (C=O) groups excluding carboxylic acids is 1. The summed E-state index contributed by atoms with van der Waals surface area (Å²) in [6, 6.07) is 6.73. The normalized spacial score (nSPS) is 9.94. The number of primary amides is 1. The van der Waals surface area contributed by atoms with Gasteiger partial charge in [-0.1, -0.05) is 23.5 Å². The van der Waals surface area contributed by atoms with Crippen LogP contribution in [0.1, 0.15) is 10.4 Å². The van der Waals surface area contributed by atoms with Gasteiger partial charge in [0.1, 0.15) is 5.75 Å². The van der Waals surface area contributed by atoms with Crippen LogP contribution in [0.25, 0.3) is 0 Å². The van der Waals surface area contributed by atoms with Crippen molar-refractivity contribution in [2.24, 2.45) is 5.73 Å². The van der Waals surface area contributed by atoms with E-state index in [1.54, 1.807) is 29.6 Å². The number of thiazole rings is 1. The number of benzene rings is 1. The van der Waals surface area contributed by atoms with Gasteiger partial charge in [0.2, 0.25) is 5.88 Å². The zero-order valence-electron chi connectivity index (χ0n) is 9.04. The smallest absolute Gasteiger partial charge is 0.282 e. The van der Waals surface area contributed by atoms with Crippen molar-refractivity contribution in [1.29, 1.82) is 0 Å². The topological polar surface area (TPSA) is 74.4 Å². The highest BCUT2D eigenvalue weighted by molar-refractivity contribution is 7.11. The van der Waals surface area contributed by atoms with Crippen molar-refractivity contribution in [3.8, 4) is 16.8 Å². The Morgan fingerprint density at radius 2 is 2.18 bits per heavy atom. The molecule has 0 saturated carbocycles. The van der Waals surface area contributed by atoms with E-state index in [1.807, 2.05) is 0 Å². The quantitative estimate of drug-likeness (QED) is 0.901. The summed E-state index contributed by atoms with van der Waals surface area (Å²) < 4.78 is 10.4. The number of hydrogen-bond donors (Lipinski definition) is 1. The second kappa shape index (κ2) is 4.84. The molecule has 0 aliphatic rings. The van der Waals surface area contributed by atoms with Gasteiger partial charge in [-0.05, 0) is 12.1 Å². The van der Waals surface area contributed by atoms with Crippen LogP contribution in [0.4, 0.5) is 0 Å². The minimum absolute atomic E-state index is 0.321. The number of nitrogens with zero attached hydrogens (tertiary/aromatic N) is 1. The van der Waals surface area contributed by atoms with Crippen LogP contribution in [0.15, 0.2) is 29.6 Å². The van der Waals surface area contributed by atoms with Crippen molar-refractivity contribution in [2.75, 3.05) is 7.11 Å². The first-order chi connectivity index (χ1) is 8.20. The summed E-state index contributed by atoms with van der Waals surface area (Å²) in [6.07, 6.45) is 0. The molecule has 6 heteroatoms. The molecule has 0 spiro atoms. The van der Waals surface area contributed by atoms with Crippen molar-refractivity contribution in [3.63, 3.8) is 0 Å². The third kappa shape index (κ3) is 2.54. The number of carbonyl (C=O) groups is 1. The summed E-state index contributed by atoms with van der Waals surface area (Å²) in [5, 5.41) is 2.11. The number of hydrogen-bond acceptors (Lipinski definition) is 5. The van der Waals surface area contributed by atoms with Gasteiger partial charge in [-0.3, -0.25) is 4.79 Å². The third-order valence-corrected chi connectivity index (χ3v) is 2.72. The Labute approximate surface area is 102 Å². The number of methoxy groups -OCH3 is 1. The standard InChI is InChI=1S/C11H10N2O3S/c1-15-9-6-17-11(13-9)16-8-5-3-2-4-7(8)10(12)14/h2-6H,1H3,(H2,12,14). The minimum Gasteiger partial charge on any atom is -0.480 e. The van der Waals surface area contributed by atoms with Crippen LogP contribution >= 0.6 is 11.3 Å². The number of nitrogens with two attached hydrogens (primary N) is 1. The maximum absolute atomic E-state index is 11.2. The highest BCUT2D eigenvalue weighted by Crippen LogP contribution is 2.29. The van der Waals surface area contributed by atoms with Crippen LogP contribution in [-0.4, -0.2) is 18.0 Å². The minimum atomic E-state index is -0.538. The van der Waals surface area contributed by atoms with Crippen LogP contribution in [0.3, 0.4) is 0 Å². The molecule has 0 unspecified atom stereocenters. The molecule has 0 aliphatic carbocycles. The highest BCUT2D eigenvalue weighted by atomic mass is 32.1. The van der Waals surface area contributed by atoms with Crippen LogP contribution < -0.4 is 15.2 Å². The van der Waals surface area contributed by atoms with Crippen molar-refractivity contribution in [3.05, 3.63) is 35.2 Å². The third-order valence-electron chi connectivity index (χ3n) is 2.02. The predicted molar refractivity (Wildman–Crippen MR) is 63.7 cm³/mol. The summed E-state index contributed by atoms with van der Waals surface area (Å²) in [7, 11) is 1.52. The molecule has 5 nitrogen and oxygen atoms in total. The summed E-state index contributed by atoms with van der Waals surface area (Å²) in [4.78, 5) is 15.2. The van der Waals surface area contributed by atoms with E-state index in [4.69, 9.17) is 15.2 Å². The fourth-order valence-corrected chi connectivity index (χ4v) is 1.87. The molecule has 2 rings (SSSR count). The van der Waals surface area contributed by atoms with Crippen molar-refractivity contribution < 1.29 is 14.3 Å². The molecular formula is C11H10N2O3S. The average molecular weight is 250 g/mol. The maximum Gasteiger partial charge on any atom is 0.282 e. The van der Waals surface area contributed by atoms with Gasteiger partial charge in [-0.25, -0.2) is 0 Å². The van der Waals surface area contributed by atoms with Gasteiger partial charge in [-0.15, -0.1) is 0 Å². The van der Waals surface area contributed by atoms with E-state index >= 15 is 0 Å². The first-order valence-electron chi connectivity index (χ1n) is 4.77. The number of ether oxygens (including phenoxy) is 2. The Morgan fingerprint density at radius 3 is 2.82 bits per heavy atom. The average Bonchev–Trinajstić information content (AvgIpc) is 2.77. The lowest BCUT2D eigenvalue weighted by Gasteiger charge is -2.05. The van der Waals surface area contributed by atoms with Crippen molar-refractivity contribution in [2.45, 2.75) is 0 Å². The molecule has 0 atom stereocenters. The molecule has 17 heavy (non-hydrogen) atoms. The van der Waals surface area contributed by atoms with E-state index in [-0.39, 0.29) is 0 Å². The van der Waals surface area contributed by atoms with Crippen LogP contribution in [0.5, 0.6) is 16.8 Å². The zero-order valence-corrected chi connectivity index (χ0v) is 9.86. The molecule has 1 aromatic heterocycles. The number of rotatable bonds is 4. The summed E-state index contributed by atoms with van der Waals surface area (Å²) >= 11 is 1.28. The molecule has 0 bridgehead atoms. The molecule has 1 amide bonds. The van der Waals surface area contributed by atoms with Crippen LogP contribution in [-0.2, 0) is 0 Å². The Balaban J connectivity index is 2.26. The lowest BCUT2D eigenvalue weighted by molar-refractivity contribution is 0.0998. The Kier molecular flexibility index (Phi) is 3.24. The second-order valence-electron chi connectivity index (χ2n) is 3.12. The predicted octanol–water partition coefficient (Wildman–Crippen LogP) is 2.04. The van der Waals surface area contributed by atoms with E-state index in [0.717, 1.165) is 0 Å². The van der Waals surface area contributed by atoms with Crippen LogP contribution in [0.2, 0.25) is 0 Å². The Bertz CT molecular complexity index is 539. The first kappa shape index (κ1) is 11.4. The molecule has 0 radical (unpaired) electrons. The molecule has 0 saturated heterocycles. The number of para-hydroxylation sites is 1. The molecule has 1 heterocycles. The van der Waals surface area contributed by atoms with Gasteiger partial charge in [0.25, 0.3) is 11.1 Å². The van der Waals surface area contributed by atoms with Gasteiger partial charge in [0, 0.05) is 0 Å². The lowest BCUT2D eigenvalue weighted by atomic mass is 10.2. The van der Waals surface area contributed by atoms with Gasteiger partial charge in [-0.2, -0.15) is 4.98 Å². The van der Waals surface area contributed by atoms with E-state index in [0.29, 0.717) is 22.4 Å². The maximum atomic E-state index is 11.2. The van der Waals surface area contributed by atoms with E-state index in [9.17, 15) is 4.79 Å². The summed E-state index contributed by atoms with van der Waals surface area (Å²) in [5.41, 5.74) is 5.56. The number of aromatic nitrogens is 1. The monoisotopic (exact) mass is 250 g/mol. The van der Waals surface area contributed by atoms with Crippen molar-refractivity contribution >= 4 is 17.2 Å². The molecular weight excluding hydrogens is 240 g/mol. The lowest BCUT2D eigenvalue weighted by Crippen LogP contribution is -2.11. The molecule has 0 fully saturated rings. The molecule has 2 aromatic rings. The zero-order chi connectivity index (χ0) is 12.3. The summed E-state index contributed by atoms with van der Waals surface area (Å²) in [5.74, 6) is 0.322. The first-order valence-corrected chi connectivity index (χ1v) is 5.65. The van der Waals surface area contributed by atoms with Crippen LogP contribution in [0, 0.1) is 0 Å². The fraction of sp³-hybridized carbons (Fsp3) is 0.0909. The van der Waals surface area contributed by atoms with Gasteiger partial charge in [0.15, 0.2) is 0 Å². The second-order valence-corrected chi connectivity index (χ2v) is 3.94. The molecule has 2 N–H and O–H groups in total. The van der Waals surface area contributed by atoms with E-state index in [2.05, 4.69) is 4.98 Å². The van der Waals surface area contributed by atoms with Gasteiger partial charge >= 0.3 is 0 Å². The largest absolute Gasteiger partial charge is 0.480 e. The SMILES string of the molecule is COc1csc(Oc2ccccc2C(N)=O)n1. The molecule has 88 valence electrons. The van der Waals surface area contributed by atoms with Gasteiger partial charge in [0.05, 0.1) is 18.1 Å². The summed E-state index contributed by atoms with van der Waals surface area (Å²) in [6.45, 7) is 0. The molecule has 0 aliphatic heterocycles.